The average molecular weight is 416 g/mol. The topological polar surface area (TPSA) is 64.1 Å². The summed E-state index contributed by atoms with van der Waals surface area (Å²) in [7, 11) is 1.54. The molecule has 2 heterocycles. The highest BCUT2D eigenvalue weighted by molar-refractivity contribution is 6.33. The maximum absolute atomic E-state index is 12.7. The maximum atomic E-state index is 12.7. The van der Waals surface area contributed by atoms with Crippen LogP contribution in [0, 0.1) is 0 Å². The molecule has 0 atom stereocenters. The quantitative estimate of drug-likeness (QED) is 0.452. The van der Waals surface area contributed by atoms with Gasteiger partial charge in [-0.05, 0) is 47.0 Å². The third-order valence-corrected chi connectivity index (χ3v) is 4.95. The number of anilines is 1. The van der Waals surface area contributed by atoms with Gasteiger partial charge in [0.25, 0.3) is 5.91 Å². The molecular weight excluding hydrogens is 398 g/mol. The number of pyridine rings is 2. The number of nitrogens with one attached hydrogen (secondary N) is 1. The number of methoxy groups -OCH3 is 1. The number of hydrogen-bond donors (Lipinski definition) is 1. The van der Waals surface area contributed by atoms with Gasteiger partial charge in [0.2, 0.25) is 5.88 Å². The number of carbonyl (C=O) groups is 1. The summed E-state index contributed by atoms with van der Waals surface area (Å²) >= 11 is 6.42. The zero-order valence-electron chi connectivity index (χ0n) is 16.2. The van der Waals surface area contributed by atoms with Crippen LogP contribution >= 0.6 is 11.6 Å². The van der Waals surface area contributed by atoms with Crippen molar-refractivity contribution >= 4 is 23.2 Å². The van der Waals surface area contributed by atoms with Crippen molar-refractivity contribution in [3.8, 4) is 28.1 Å². The first kappa shape index (κ1) is 19.6. The number of aromatic nitrogens is 2. The van der Waals surface area contributed by atoms with Crippen LogP contribution in [0.1, 0.15) is 10.4 Å². The van der Waals surface area contributed by atoms with Gasteiger partial charge in [-0.2, -0.15) is 0 Å². The monoisotopic (exact) mass is 415 g/mol. The second-order valence-corrected chi connectivity index (χ2v) is 6.96. The Kier molecular flexibility index (Phi) is 5.72. The molecule has 0 saturated heterocycles. The van der Waals surface area contributed by atoms with Gasteiger partial charge in [0.05, 0.1) is 19.0 Å². The highest BCUT2D eigenvalue weighted by Crippen LogP contribution is 2.31. The lowest BCUT2D eigenvalue weighted by atomic mass is 9.99. The molecule has 0 saturated carbocycles. The Morgan fingerprint density at radius 2 is 1.73 bits per heavy atom. The van der Waals surface area contributed by atoms with E-state index in [-0.39, 0.29) is 5.91 Å². The van der Waals surface area contributed by atoms with E-state index in [1.807, 2.05) is 42.6 Å². The van der Waals surface area contributed by atoms with E-state index in [2.05, 4.69) is 15.3 Å². The lowest BCUT2D eigenvalue weighted by molar-refractivity contribution is 0.102. The van der Waals surface area contributed by atoms with E-state index in [0.29, 0.717) is 22.2 Å². The number of rotatable bonds is 5. The van der Waals surface area contributed by atoms with Crippen molar-refractivity contribution in [2.24, 2.45) is 0 Å². The van der Waals surface area contributed by atoms with Crippen molar-refractivity contribution in [1.29, 1.82) is 0 Å². The summed E-state index contributed by atoms with van der Waals surface area (Å²) in [4.78, 5) is 20.9. The first-order chi connectivity index (χ1) is 14.6. The fourth-order valence-corrected chi connectivity index (χ4v) is 3.27. The summed E-state index contributed by atoms with van der Waals surface area (Å²) in [5, 5.41) is 3.41. The lowest BCUT2D eigenvalue weighted by Crippen LogP contribution is -2.12. The minimum atomic E-state index is -0.244. The van der Waals surface area contributed by atoms with E-state index in [9.17, 15) is 4.79 Å². The number of nitrogens with zero attached hydrogens (tertiary/aromatic N) is 2. The standard InChI is InChI=1S/C24H18ClN3O2/c1-30-23-11-9-20(15-27-23)28-24(29)18-8-10-22(25)21(13-18)17-6-4-16(5-7-17)19-3-2-12-26-14-19/h2-15H,1H3,(H,28,29). The van der Waals surface area contributed by atoms with Crippen molar-refractivity contribution in [2.75, 3.05) is 12.4 Å². The summed E-state index contributed by atoms with van der Waals surface area (Å²) in [6.07, 6.45) is 5.11. The van der Waals surface area contributed by atoms with Crippen LogP contribution in [0.15, 0.2) is 85.3 Å². The normalized spacial score (nSPS) is 10.5. The zero-order valence-corrected chi connectivity index (χ0v) is 16.9. The van der Waals surface area contributed by atoms with Gasteiger partial charge in [-0.3, -0.25) is 9.78 Å². The van der Waals surface area contributed by atoms with Crippen molar-refractivity contribution in [2.45, 2.75) is 0 Å². The molecule has 0 unspecified atom stereocenters. The Hall–Kier alpha value is -3.70. The molecule has 0 aliphatic heterocycles. The summed E-state index contributed by atoms with van der Waals surface area (Å²) in [5.41, 5.74) is 4.89. The van der Waals surface area contributed by atoms with Crippen LogP contribution in [0.5, 0.6) is 5.88 Å². The smallest absolute Gasteiger partial charge is 0.255 e. The molecule has 0 aliphatic carbocycles. The molecular formula is C24H18ClN3O2. The Labute approximate surface area is 179 Å². The molecule has 0 aliphatic rings. The minimum Gasteiger partial charge on any atom is -0.481 e. The molecule has 4 rings (SSSR count). The Morgan fingerprint density at radius 3 is 2.40 bits per heavy atom. The van der Waals surface area contributed by atoms with Crippen LogP contribution in [0.3, 0.4) is 0 Å². The number of hydrogen-bond acceptors (Lipinski definition) is 4. The largest absolute Gasteiger partial charge is 0.481 e. The van der Waals surface area contributed by atoms with Gasteiger partial charge in [0.15, 0.2) is 0 Å². The molecule has 4 aromatic rings. The van der Waals surface area contributed by atoms with Crippen molar-refractivity contribution < 1.29 is 9.53 Å². The van der Waals surface area contributed by atoms with Crippen LogP contribution in [-0.2, 0) is 0 Å². The van der Waals surface area contributed by atoms with Gasteiger partial charge in [0.1, 0.15) is 0 Å². The fourth-order valence-electron chi connectivity index (χ4n) is 3.04. The molecule has 0 bridgehead atoms. The van der Waals surface area contributed by atoms with Gasteiger partial charge < -0.3 is 10.1 Å². The van der Waals surface area contributed by atoms with E-state index >= 15 is 0 Å². The van der Waals surface area contributed by atoms with Crippen molar-refractivity contribution in [1.82, 2.24) is 9.97 Å². The molecule has 6 heteroatoms. The summed E-state index contributed by atoms with van der Waals surface area (Å²) in [6.45, 7) is 0. The molecule has 2 aromatic carbocycles. The Bertz CT molecular complexity index is 1160. The molecule has 5 nitrogen and oxygen atoms in total. The molecule has 0 fully saturated rings. The number of halogens is 1. The highest BCUT2D eigenvalue weighted by Gasteiger charge is 2.11. The van der Waals surface area contributed by atoms with E-state index in [1.54, 1.807) is 49.8 Å². The maximum Gasteiger partial charge on any atom is 0.255 e. The van der Waals surface area contributed by atoms with E-state index in [4.69, 9.17) is 16.3 Å². The highest BCUT2D eigenvalue weighted by atomic mass is 35.5. The van der Waals surface area contributed by atoms with Crippen LogP contribution in [0.25, 0.3) is 22.3 Å². The third-order valence-electron chi connectivity index (χ3n) is 4.62. The van der Waals surface area contributed by atoms with E-state index in [0.717, 1.165) is 22.3 Å². The van der Waals surface area contributed by atoms with Gasteiger partial charge in [-0.25, -0.2) is 4.98 Å². The number of amides is 1. The third kappa shape index (κ3) is 4.31. The molecule has 1 N–H and O–H groups in total. The number of ether oxygens (including phenoxy) is 1. The SMILES string of the molecule is COc1ccc(NC(=O)c2ccc(Cl)c(-c3ccc(-c4cccnc4)cc3)c2)cn1. The van der Waals surface area contributed by atoms with Crippen molar-refractivity contribution in [3.05, 3.63) is 95.9 Å². The molecule has 30 heavy (non-hydrogen) atoms. The Balaban J connectivity index is 1.57. The summed E-state index contributed by atoms with van der Waals surface area (Å²) in [6, 6.07) is 20.5. The van der Waals surface area contributed by atoms with Crippen LogP contribution < -0.4 is 10.1 Å². The summed E-state index contributed by atoms with van der Waals surface area (Å²) in [5.74, 6) is 0.239. The van der Waals surface area contributed by atoms with Crippen molar-refractivity contribution in [3.63, 3.8) is 0 Å². The van der Waals surface area contributed by atoms with Gasteiger partial charge in [-0.15, -0.1) is 0 Å². The molecule has 0 radical (unpaired) electrons. The fraction of sp³-hybridized carbons (Fsp3) is 0.0417. The number of carbonyl (C=O) groups excluding carboxylic acids is 1. The van der Waals surface area contributed by atoms with E-state index < -0.39 is 0 Å². The predicted octanol–water partition coefficient (Wildman–Crippen LogP) is 5.72. The van der Waals surface area contributed by atoms with Crippen LogP contribution in [0.2, 0.25) is 5.02 Å². The predicted molar refractivity (Wildman–Crippen MR) is 119 cm³/mol. The zero-order chi connectivity index (χ0) is 20.9. The van der Waals surface area contributed by atoms with Gasteiger partial charge >= 0.3 is 0 Å². The van der Waals surface area contributed by atoms with Gasteiger partial charge in [-0.1, -0.05) is 41.9 Å². The molecule has 148 valence electrons. The van der Waals surface area contributed by atoms with Gasteiger partial charge in [0, 0.05) is 34.6 Å². The molecule has 2 aromatic heterocycles. The van der Waals surface area contributed by atoms with Crippen LogP contribution in [0.4, 0.5) is 5.69 Å². The van der Waals surface area contributed by atoms with Crippen LogP contribution in [-0.4, -0.2) is 23.0 Å². The lowest BCUT2D eigenvalue weighted by Gasteiger charge is -2.10. The molecule has 1 amide bonds. The number of benzene rings is 2. The Morgan fingerprint density at radius 1 is 0.933 bits per heavy atom. The average Bonchev–Trinajstić information content (AvgIpc) is 2.80. The second-order valence-electron chi connectivity index (χ2n) is 6.56. The minimum absolute atomic E-state index is 0.244. The summed E-state index contributed by atoms with van der Waals surface area (Å²) < 4.78 is 5.03. The van der Waals surface area contributed by atoms with E-state index in [1.165, 1.54) is 0 Å². The second kappa shape index (κ2) is 8.76. The molecule has 0 spiro atoms. The first-order valence-electron chi connectivity index (χ1n) is 9.26. The first-order valence-corrected chi connectivity index (χ1v) is 9.63.